The van der Waals surface area contributed by atoms with Gasteiger partial charge in [0.2, 0.25) is 0 Å². The van der Waals surface area contributed by atoms with Crippen LogP contribution >= 0.6 is 122 Å². The molecule has 0 unspecified atom stereocenters. The van der Waals surface area contributed by atoms with Crippen LogP contribution in [0.5, 0.6) is 0 Å². The van der Waals surface area contributed by atoms with Gasteiger partial charge in [-0.15, -0.1) is 23.1 Å². The molecule has 0 aromatic heterocycles. The largest absolute Gasteiger partial charge is 0.197 e. The summed E-state index contributed by atoms with van der Waals surface area (Å²) in [7, 11) is -3.81. The Morgan fingerprint density at radius 1 is 0.590 bits per heavy atom. The van der Waals surface area contributed by atoms with Crippen LogP contribution in [0.2, 0.25) is 58.9 Å². The van der Waals surface area contributed by atoms with E-state index in [9.17, 15) is 0 Å². The number of hydrogen-bond donors (Lipinski definition) is 0. The zero-order valence-electron chi connectivity index (χ0n) is 23.5. The highest BCUT2D eigenvalue weighted by Gasteiger charge is 2.11. The number of rotatable bonds is 0. The second-order valence-corrected chi connectivity index (χ2v) is 30.9. The van der Waals surface area contributed by atoms with E-state index < -0.39 is 24.2 Å². The highest BCUT2D eigenvalue weighted by molar-refractivity contribution is 14.1. The zero-order valence-corrected chi connectivity index (χ0v) is 39.8. The summed E-state index contributed by atoms with van der Waals surface area (Å²) in [5.74, 6) is 6.58. The van der Waals surface area contributed by atoms with Crippen molar-refractivity contribution in [2.45, 2.75) is 58.9 Å². The second-order valence-electron chi connectivity index (χ2n) is 10.9. The molecule has 2 rings (SSSR count). The summed E-state index contributed by atoms with van der Waals surface area (Å²) in [5, 5.41) is 0. The van der Waals surface area contributed by atoms with Crippen LogP contribution in [0.4, 0.5) is 0 Å². The van der Waals surface area contributed by atoms with Crippen LogP contribution in [-0.2, 0) is 22.4 Å². The molecule has 0 saturated heterocycles. The normalized spacial score (nSPS) is 10.0. The molecule has 0 heterocycles. The van der Waals surface area contributed by atoms with Crippen molar-refractivity contribution in [2.75, 3.05) is 0 Å². The first-order chi connectivity index (χ1) is 17.1. The fraction of sp³-hybridized carbons (Fsp3) is 0.333. The fourth-order valence-electron chi connectivity index (χ4n) is 1.75. The van der Waals surface area contributed by atoms with Gasteiger partial charge in [-0.25, -0.2) is 0 Å². The van der Waals surface area contributed by atoms with Crippen LogP contribution in [-0.4, -0.2) is 24.2 Å². The van der Waals surface area contributed by atoms with Crippen LogP contribution in [0, 0.1) is 42.0 Å². The molecule has 12 heteroatoms. The summed E-state index contributed by atoms with van der Waals surface area (Å²) < 4.78 is 6.80. The molecule has 2 aromatic rings. The smallest absolute Gasteiger partial charge is 0.129 e. The van der Waals surface area contributed by atoms with Crippen molar-refractivity contribution in [3.8, 4) is 34.9 Å². The highest BCUT2D eigenvalue weighted by atomic mass is 127. The molecule has 0 spiro atoms. The van der Waals surface area contributed by atoms with Crippen molar-refractivity contribution in [1.29, 1.82) is 0 Å². The Bertz CT molecular complexity index is 1150. The summed E-state index contributed by atoms with van der Waals surface area (Å²) in [6.45, 7) is 19.9. The van der Waals surface area contributed by atoms with Crippen molar-refractivity contribution in [2.24, 2.45) is 0 Å². The van der Waals surface area contributed by atoms with E-state index in [2.05, 4.69) is 243 Å². The van der Waals surface area contributed by atoms with Gasteiger partial charge in [-0.2, -0.15) is 13.5 Å². The third-order valence-corrected chi connectivity index (χ3v) is 12.1. The molecule has 0 aliphatic heterocycles. The molecular weight excluding hydrogens is 1080 g/mol. The first-order valence-electron chi connectivity index (χ1n) is 11.1. The Labute approximate surface area is 318 Å². The van der Waals surface area contributed by atoms with E-state index in [1.807, 2.05) is 0 Å². The Kier molecular flexibility index (Phi) is 25.1. The maximum atomic E-state index is 5.12. The maximum absolute atomic E-state index is 5.12. The third kappa shape index (κ3) is 24.0. The number of terminal acetylenes is 1. The first kappa shape index (κ1) is 45.4. The van der Waals surface area contributed by atoms with Gasteiger partial charge in [0.05, 0.1) is 0 Å². The standard InChI is InChI=1S/C16H20Br2Si2.C6H2Br2I2.C5H10Si.S2.H2S/c1-19(2,3)9-7-13-11-16(18)14(12-15(13)17)8-10-20(4,5)6;7-3-1-5(9)4(8)2-6(3)10;1-5-6(2,3)4;1-2;/h11-12H,1-6H3;1-2H;1H,2-4H3;;1H2. The molecule has 2 aromatic carbocycles. The molecule has 39 heavy (non-hydrogen) atoms. The SMILES string of the molecule is Brc1cc(I)c(Br)cc1I.C#C[Si](C)(C)C.C[Si](C)(C)C#Cc1cc(Br)c(C#C[Si](C)(C)C)cc1Br.S.S=S. The molecular formula is C27H34Br4I2S3Si3. The summed E-state index contributed by atoms with van der Waals surface area (Å²) in [4.78, 5) is 0. The summed E-state index contributed by atoms with van der Waals surface area (Å²) >= 11 is 26.0. The van der Waals surface area contributed by atoms with E-state index in [1.165, 1.54) is 7.14 Å². The molecule has 0 bridgehead atoms. The summed E-state index contributed by atoms with van der Waals surface area (Å²) in [6.07, 6.45) is 5.12. The second kappa shape index (κ2) is 21.6. The topological polar surface area (TPSA) is 0 Å². The Balaban J connectivity index is -0.000000567. The quantitative estimate of drug-likeness (QED) is 0.112. The van der Waals surface area contributed by atoms with Gasteiger partial charge in [0, 0.05) is 58.5 Å². The van der Waals surface area contributed by atoms with Gasteiger partial charge in [-0.3, -0.25) is 0 Å². The van der Waals surface area contributed by atoms with Gasteiger partial charge in [-0.1, -0.05) is 70.8 Å². The summed E-state index contributed by atoms with van der Waals surface area (Å²) in [6, 6.07) is 8.30. The average molecular weight is 1110 g/mol. The van der Waals surface area contributed by atoms with Crippen LogP contribution in [0.15, 0.2) is 42.2 Å². The van der Waals surface area contributed by atoms with E-state index in [0.717, 1.165) is 29.0 Å². The van der Waals surface area contributed by atoms with Crippen molar-refractivity contribution >= 4 is 169 Å². The number of benzene rings is 2. The van der Waals surface area contributed by atoms with E-state index in [4.69, 9.17) is 6.42 Å². The minimum Gasteiger partial charge on any atom is -0.197 e. The summed E-state index contributed by atoms with van der Waals surface area (Å²) in [5.41, 5.74) is 11.6. The number of hydrogen-bond acceptors (Lipinski definition) is 2. The van der Waals surface area contributed by atoms with Gasteiger partial charge >= 0.3 is 0 Å². The molecule has 0 radical (unpaired) electrons. The Hall–Kier alpha value is 1.94. The maximum Gasteiger partial charge on any atom is 0.129 e. The minimum atomic E-state index is -1.35. The van der Waals surface area contributed by atoms with E-state index in [1.54, 1.807) is 0 Å². The lowest BCUT2D eigenvalue weighted by Crippen LogP contribution is -2.16. The monoisotopic (exact) mass is 1110 g/mol. The van der Waals surface area contributed by atoms with E-state index in [-0.39, 0.29) is 13.5 Å². The molecule has 0 nitrogen and oxygen atoms in total. The molecule has 0 aliphatic rings. The average Bonchev–Trinajstić information content (AvgIpc) is 2.78. The predicted octanol–water partition coefficient (Wildman–Crippen LogP) is 11.7. The molecule has 0 fully saturated rings. The molecule has 0 saturated carbocycles. The fourth-order valence-corrected chi connectivity index (χ4v) is 6.13. The molecule has 214 valence electrons. The first-order valence-corrected chi connectivity index (χ1v) is 28.3. The van der Waals surface area contributed by atoms with Crippen LogP contribution in [0.1, 0.15) is 11.1 Å². The van der Waals surface area contributed by atoms with Crippen molar-refractivity contribution < 1.29 is 0 Å². The van der Waals surface area contributed by atoms with Gasteiger partial charge < -0.3 is 0 Å². The van der Waals surface area contributed by atoms with Gasteiger partial charge in [0.15, 0.2) is 0 Å². The van der Waals surface area contributed by atoms with Crippen molar-refractivity contribution in [1.82, 2.24) is 0 Å². The van der Waals surface area contributed by atoms with Crippen LogP contribution in [0.25, 0.3) is 0 Å². The lowest BCUT2D eigenvalue weighted by Gasteiger charge is -2.06. The van der Waals surface area contributed by atoms with Gasteiger partial charge in [0.1, 0.15) is 24.2 Å². The van der Waals surface area contributed by atoms with Gasteiger partial charge in [0.25, 0.3) is 0 Å². The Morgan fingerprint density at radius 2 is 0.846 bits per heavy atom. The van der Waals surface area contributed by atoms with Crippen molar-refractivity contribution in [3.63, 3.8) is 0 Å². The Morgan fingerprint density at radius 3 is 1.05 bits per heavy atom. The molecule has 0 atom stereocenters. The molecule has 0 amide bonds. The van der Waals surface area contributed by atoms with Crippen molar-refractivity contribution in [3.05, 3.63) is 60.4 Å². The van der Waals surface area contributed by atoms with E-state index >= 15 is 0 Å². The predicted molar refractivity (Wildman–Crippen MR) is 227 cm³/mol. The highest BCUT2D eigenvalue weighted by Crippen LogP contribution is 2.28. The van der Waals surface area contributed by atoms with Crippen LogP contribution in [0.3, 0.4) is 0 Å². The van der Waals surface area contributed by atoms with Crippen LogP contribution < -0.4 is 0 Å². The molecule has 0 N–H and O–H groups in total. The lowest BCUT2D eigenvalue weighted by atomic mass is 10.1. The number of halogens is 6. The lowest BCUT2D eigenvalue weighted by molar-refractivity contribution is 1.50. The van der Waals surface area contributed by atoms with Gasteiger partial charge in [-0.05, 0) is 133 Å². The zero-order chi connectivity index (χ0) is 30.5. The third-order valence-electron chi connectivity index (χ3n) is 3.60. The minimum absolute atomic E-state index is 0. The van der Waals surface area contributed by atoms with E-state index in [0.29, 0.717) is 0 Å². The molecule has 0 aliphatic carbocycles.